The highest BCUT2D eigenvalue weighted by molar-refractivity contribution is 7.92. The molecule has 0 radical (unpaired) electrons. The maximum absolute atomic E-state index is 12.7. The largest absolute Gasteiger partial charge is 0.493 e. The second kappa shape index (κ2) is 11.2. The first kappa shape index (κ1) is 25.4. The molecule has 2 N–H and O–H groups in total. The molecule has 1 atom stereocenters. The Morgan fingerprint density at radius 3 is 2.38 bits per heavy atom. The van der Waals surface area contributed by atoms with Gasteiger partial charge in [-0.3, -0.25) is 14.3 Å². The van der Waals surface area contributed by atoms with E-state index in [1.165, 1.54) is 0 Å². The first-order valence-electron chi connectivity index (χ1n) is 11.1. The Labute approximate surface area is 200 Å². The fourth-order valence-electron chi connectivity index (χ4n) is 3.83. The van der Waals surface area contributed by atoms with E-state index in [1.54, 1.807) is 50.3 Å². The van der Waals surface area contributed by atoms with Crippen LogP contribution in [0.1, 0.15) is 25.3 Å². The number of methoxy groups -OCH3 is 2. The summed E-state index contributed by atoms with van der Waals surface area (Å²) in [5.74, 6) is 0.591. The van der Waals surface area contributed by atoms with Gasteiger partial charge >= 0.3 is 0 Å². The molecule has 0 aromatic heterocycles. The molecule has 1 fully saturated rings. The molecule has 1 heterocycles. The number of nitrogens with zero attached hydrogens (tertiary/aromatic N) is 1. The van der Waals surface area contributed by atoms with Crippen LogP contribution >= 0.6 is 0 Å². The Kier molecular flexibility index (Phi) is 8.38. The molecule has 0 saturated carbocycles. The van der Waals surface area contributed by atoms with Crippen molar-refractivity contribution >= 4 is 33.2 Å². The first-order valence-corrected chi connectivity index (χ1v) is 12.8. The van der Waals surface area contributed by atoms with Gasteiger partial charge in [-0.05, 0) is 54.8 Å². The van der Waals surface area contributed by atoms with Gasteiger partial charge in [-0.15, -0.1) is 0 Å². The maximum Gasteiger partial charge on any atom is 0.232 e. The number of rotatable bonds is 11. The van der Waals surface area contributed by atoms with Gasteiger partial charge in [0.2, 0.25) is 21.8 Å². The molecule has 0 aliphatic carbocycles. The van der Waals surface area contributed by atoms with Gasteiger partial charge in [0, 0.05) is 30.9 Å². The molecule has 0 spiro atoms. The van der Waals surface area contributed by atoms with Gasteiger partial charge in [-0.2, -0.15) is 0 Å². The molecule has 3 rings (SSSR count). The Balaban J connectivity index is 1.53. The standard InChI is InChI=1S/C24H31N3O6S/c1-4-13-34(30,31)26-20-8-6-19(7-9-20)25-24(29)18-15-23(28)27(16-18)12-11-17-5-10-21(32-2)22(14-17)33-3/h5-10,14,18,26H,4,11-13,15-16H2,1-3H3,(H,25,29). The molecule has 10 heteroatoms. The molecule has 9 nitrogen and oxygen atoms in total. The van der Waals surface area contributed by atoms with Crippen LogP contribution in [0.5, 0.6) is 11.5 Å². The number of hydrogen-bond acceptors (Lipinski definition) is 6. The first-order chi connectivity index (χ1) is 16.2. The highest BCUT2D eigenvalue weighted by Crippen LogP contribution is 2.28. The topological polar surface area (TPSA) is 114 Å². The average molecular weight is 490 g/mol. The molecular weight excluding hydrogens is 458 g/mol. The van der Waals surface area contributed by atoms with E-state index >= 15 is 0 Å². The van der Waals surface area contributed by atoms with Crippen LogP contribution in [-0.4, -0.2) is 58.2 Å². The summed E-state index contributed by atoms with van der Waals surface area (Å²) in [6, 6.07) is 12.1. The van der Waals surface area contributed by atoms with E-state index in [4.69, 9.17) is 9.47 Å². The maximum atomic E-state index is 12.7. The van der Waals surface area contributed by atoms with Crippen molar-refractivity contribution in [2.24, 2.45) is 5.92 Å². The number of nitrogens with one attached hydrogen (secondary N) is 2. The van der Waals surface area contributed by atoms with Crippen molar-refractivity contribution in [1.29, 1.82) is 0 Å². The van der Waals surface area contributed by atoms with Crippen LogP contribution in [0.4, 0.5) is 11.4 Å². The Hall–Kier alpha value is -3.27. The van der Waals surface area contributed by atoms with Crippen molar-refractivity contribution in [3.05, 3.63) is 48.0 Å². The molecule has 184 valence electrons. The molecule has 2 amide bonds. The van der Waals surface area contributed by atoms with Crippen molar-refractivity contribution in [2.45, 2.75) is 26.2 Å². The summed E-state index contributed by atoms with van der Waals surface area (Å²) in [5.41, 5.74) is 1.98. The fraction of sp³-hybridized carbons (Fsp3) is 0.417. The van der Waals surface area contributed by atoms with Crippen molar-refractivity contribution in [2.75, 3.05) is 43.1 Å². The number of benzene rings is 2. The van der Waals surface area contributed by atoms with Gasteiger partial charge in [-0.25, -0.2) is 8.42 Å². The third-order valence-corrected chi connectivity index (χ3v) is 7.09. The Morgan fingerprint density at radius 2 is 1.74 bits per heavy atom. The second-order valence-corrected chi connectivity index (χ2v) is 10.0. The lowest BCUT2D eigenvalue weighted by Gasteiger charge is -2.17. The number of hydrogen-bond donors (Lipinski definition) is 2. The number of ether oxygens (including phenoxy) is 2. The number of likely N-dealkylation sites (tertiary alicyclic amines) is 1. The third kappa shape index (κ3) is 6.63. The zero-order valence-corrected chi connectivity index (χ0v) is 20.5. The summed E-state index contributed by atoms with van der Waals surface area (Å²) in [6.45, 7) is 2.65. The SMILES string of the molecule is CCCS(=O)(=O)Nc1ccc(NC(=O)C2CC(=O)N(CCc3ccc(OC)c(OC)c3)C2)cc1. The summed E-state index contributed by atoms with van der Waals surface area (Å²) < 4.78 is 36.8. The molecule has 2 aromatic carbocycles. The molecule has 34 heavy (non-hydrogen) atoms. The average Bonchev–Trinajstić information content (AvgIpc) is 3.19. The monoisotopic (exact) mass is 489 g/mol. The molecule has 1 aliphatic heterocycles. The summed E-state index contributed by atoms with van der Waals surface area (Å²) in [6.07, 6.45) is 1.32. The second-order valence-electron chi connectivity index (χ2n) is 8.17. The smallest absolute Gasteiger partial charge is 0.232 e. The van der Waals surface area contributed by atoms with Crippen molar-refractivity contribution in [1.82, 2.24) is 4.90 Å². The zero-order chi connectivity index (χ0) is 24.7. The van der Waals surface area contributed by atoms with Gasteiger partial charge in [-0.1, -0.05) is 13.0 Å². The molecular formula is C24H31N3O6S. The lowest BCUT2D eigenvalue weighted by atomic mass is 10.1. The van der Waals surface area contributed by atoms with Gasteiger partial charge < -0.3 is 19.7 Å². The van der Waals surface area contributed by atoms with E-state index < -0.39 is 15.9 Å². The molecule has 1 aliphatic rings. The van der Waals surface area contributed by atoms with Crippen molar-refractivity contribution < 1.29 is 27.5 Å². The summed E-state index contributed by atoms with van der Waals surface area (Å²) >= 11 is 0. The Morgan fingerprint density at radius 1 is 1.06 bits per heavy atom. The van der Waals surface area contributed by atoms with Gasteiger partial charge in [0.25, 0.3) is 0 Å². The predicted octanol–water partition coefficient (Wildman–Crippen LogP) is 2.89. The number of sulfonamides is 1. The van der Waals surface area contributed by atoms with E-state index in [0.717, 1.165) is 5.56 Å². The predicted molar refractivity (Wildman–Crippen MR) is 131 cm³/mol. The third-order valence-electron chi connectivity index (χ3n) is 5.60. The van der Waals surface area contributed by atoms with Crippen LogP contribution in [0.3, 0.4) is 0 Å². The number of anilines is 2. The highest BCUT2D eigenvalue weighted by atomic mass is 32.2. The van der Waals surface area contributed by atoms with Gasteiger partial charge in [0.05, 0.1) is 25.9 Å². The number of carbonyl (C=O) groups excluding carboxylic acids is 2. The fourth-order valence-corrected chi connectivity index (χ4v) is 4.96. The minimum atomic E-state index is -3.37. The lowest BCUT2D eigenvalue weighted by Crippen LogP contribution is -2.30. The van der Waals surface area contributed by atoms with Gasteiger partial charge in [0.15, 0.2) is 11.5 Å². The Bertz CT molecular complexity index is 1120. The van der Waals surface area contributed by atoms with E-state index in [0.29, 0.717) is 48.8 Å². The lowest BCUT2D eigenvalue weighted by molar-refractivity contribution is -0.128. The van der Waals surface area contributed by atoms with Crippen LogP contribution in [0, 0.1) is 5.92 Å². The van der Waals surface area contributed by atoms with Crippen molar-refractivity contribution in [3.8, 4) is 11.5 Å². The van der Waals surface area contributed by atoms with Gasteiger partial charge in [0.1, 0.15) is 0 Å². The highest BCUT2D eigenvalue weighted by Gasteiger charge is 2.34. The summed E-state index contributed by atoms with van der Waals surface area (Å²) in [4.78, 5) is 26.9. The molecule has 0 bridgehead atoms. The van der Waals surface area contributed by atoms with Crippen LogP contribution in [0.15, 0.2) is 42.5 Å². The van der Waals surface area contributed by atoms with E-state index in [-0.39, 0.29) is 24.0 Å². The summed E-state index contributed by atoms with van der Waals surface area (Å²) in [7, 11) is -0.218. The molecule has 1 unspecified atom stereocenters. The molecule has 2 aromatic rings. The number of amides is 2. The molecule has 1 saturated heterocycles. The normalized spacial score (nSPS) is 15.8. The van der Waals surface area contributed by atoms with Crippen molar-refractivity contribution in [3.63, 3.8) is 0 Å². The van der Waals surface area contributed by atoms with E-state index in [1.807, 2.05) is 18.2 Å². The quantitative estimate of drug-likeness (QED) is 0.502. The van der Waals surface area contributed by atoms with Crippen LogP contribution in [0.25, 0.3) is 0 Å². The van der Waals surface area contributed by atoms with E-state index in [9.17, 15) is 18.0 Å². The minimum absolute atomic E-state index is 0.0453. The summed E-state index contributed by atoms with van der Waals surface area (Å²) in [5, 5.41) is 2.82. The van der Waals surface area contributed by atoms with Crippen LogP contribution < -0.4 is 19.5 Å². The zero-order valence-electron chi connectivity index (χ0n) is 19.7. The van der Waals surface area contributed by atoms with Crippen LogP contribution in [0.2, 0.25) is 0 Å². The minimum Gasteiger partial charge on any atom is -0.493 e. The van der Waals surface area contributed by atoms with Crippen LogP contribution in [-0.2, 0) is 26.0 Å². The number of carbonyl (C=O) groups is 2. The van der Waals surface area contributed by atoms with E-state index in [2.05, 4.69) is 10.0 Å².